The van der Waals surface area contributed by atoms with Crippen LogP contribution in [0.5, 0.6) is 0 Å². The number of aromatic nitrogens is 2. The zero-order valence-corrected chi connectivity index (χ0v) is 14.7. The van der Waals surface area contributed by atoms with Crippen molar-refractivity contribution in [2.45, 2.75) is 9.79 Å². The van der Waals surface area contributed by atoms with Gasteiger partial charge in [-0.25, -0.2) is 32.1 Å². The molecule has 10 heteroatoms. The van der Waals surface area contributed by atoms with Gasteiger partial charge in [-0.05, 0) is 24.3 Å². The zero-order chi connectivity index (χ0) is 18.8. The van der Waals surface area contributed by atoms with Gasteiger partial charge in [0.2, 0.25) is 20.0 Å². The van der Waals surface area contributed by atoms with Crippen LogP contribution in [0.3, 0.4) is 0 Å². The van der Waals surface area contributed by atoms with Crippen molar-refractivity contribution >= 4 is 20.0 Å². The molecule has 0 saturated carbocycles. The molecule has 134 valence electrons. The van der Waals surface area contributed by atoms with Gasteiger partial charge >= 0.3 is 0 Å². The van der Waals surface area contributed by atoms with Crippen LogP contribution in [-0.2, 0) is 20.0 Å². The van der Waals surface area contributed by atoms with Crippen LogP contribution in [0, 0.1) is 0 Å². The summed E-state index contributed by atoms with van der Waals surface area (Å²) in [6.07, 6.45) is 5.08. The molecule has 3 aromatic rings. The molecule has 0 atom stereocenters. The number of aromatic amines is 1. The van der Waals surface area contributed by atoms with Crippen LogP contribution < -0.4 is 10.3 Å². The van der Waals surface area contributed by atoms with E-state index in [1.807, 2.05) is 0 Å². The lowest BCUT2D eigenvalue weighted by Gasteiger charge is -1.93. The minimum absolute atomic E-state index is 0.148. The second-order valence-electron chi connectivity index (χ2n) is 4.48. The lowest BCUT2D eigenvalue weighted by atomic mass is 10.4. The molecule has 0 aliphatic heterocycles. The van der Waals surface area contributed by atoms with Gasteiger partial charge in [0.15, 0.2) is 0 Å². The van der Waals surface area contributed by atoms with Crippen LogP contribution >= 0.6 is 0 Å². The van der Waals surface area contributed by atoms with Crippen molar-refractivity contribution in [2.75, 3.05) is 0 Å². The predicted molar refractivity (Wildman–Crippen MR) is 94.2 cm³/mol. The van der Waals surface area contributed by atoms with Crippen molar-refractivity contribution in [1.82, 2.24) is 9.97 Å². The van der Waals surface area contributed by atoms with E-state index < -0.39 is 20.0 Å². The maximum atomic E-state index is 10.6. The quantitative estimate of drug-likeness (QED) is 0.606. The van der Waals surface area contributed by atoms with Crippen LogP contribution in [0.25, 0.3) is 0 Å². The highest BCUT2D eigenvalue weighted by atomic mass is 32.2. The Balaban J connectivity index is 0.000000198. The molecule has 0 spiro atoms. The van der Waals surface area contributed by atoms with E-state index in [0.717, 1.165) is 0 Å². The monoisotopic (exact) mass is 382 g/mol. The Morgan fingerprint density at radius 3 is 1.28 bits per heavy atom. The number of rotatable bonds is 2. The van der Waals surface area contributed by atoms with Crippen molar-refractivity contribution in [3.8, 4) is 0 Å². The van der Waals surface area contributed by atoms with Crippen LogP contribution in [0.4, 0.5) is 0 Å². The van der Waals surface area contributed by atoms with Gasteiger partial charge in [0.1, 0.15) is 0 Å². The van der Waals surface area contributed by atoms with Crippen molar-refractivity contribution < 1.29 is 16.8 Å². The van der Waals surface area contributed by atoms with Crippen LogP contribution in [-0.4, -0.2) is 26.8 Å². The third kappa shape index (κ3) is 8.77. The van der Waals surface area contributed by atoms with E-state index in [4.69, 9.17) is 10.3 Å². The first-order valence-corrected chi connectivity index (χ1v) is 9.89. The normalized spacial score (nSPS) is 10.6. The van der Waals surface area contributed by atoms with Crippen LogP contribution in [0.1, 0.15) is 0 Å². The maximum absolute atomic E-state index is 10.6. The average molecular weight is 382 g/mol. The number of imidazole rings is 1. The first-order chi connectivity index (χ1) is 11.7. The van der Waals surface area contributed by atoms with Crippen molar-refractivity contribution in [1.29, 1.82) is 0 Å². The van der Waals surface area contributed by atoms with Crippen LogP contribution in [0.15, 0.2) is 89.2 Å². The summed E-state index contributed by atoms with van der Waals surface area (Å²) in [5, 5.41) is 9.66. The van der Waals surface area contributed by atoms with Gasteiger partial charge in [-0.2, -0.15) is 0 Å². The fourth-order valence-corrected chi connectivity index (χ4v) is 2.51. The van der Waals surface area contributed by atoms with E-state index in [9.17, 15) is 16.8 Å². The summed E-state index contributed by atoms with van der Waals surface area (Å²) in [6, 6.07) is 15.8. The first kappa shape index (κ1) is 20.5. The van der Waals surface area contributed by atoms with Crippen molar-refractivity contribution in [2.24, 2.45) is 10.3 Å². The number of nitrogens with two attached hydrogens (primary N) is 2. The average Bonchev–Trinajstić information content (AvgIpc) is 3.15. The summed E-state index contributed by atoms with van der Waals surface area (Å²) in [5.41, 5.74) is 0. The van der Waals surface area contributed by atoms with E-state index in [-0.39, 0.29) is 9.79 Å². The second kappa shape index (κ2) is 9.69. The van der Waals surface area contributed by atoms with E-state index in [0.29, 0.717) is 0 Å². The molecular weight excluding hydrogens is 364 g/mol. The molecule has 0 unspecified atom stereocenters. The number of nitrogens with one attached hydrogen (secondary N) is 1. The van der Waals surface area contributed by atoms with E-state index >= 15 is 0 Å². The lowest BCUT2D eigenvalue weighted by molar-refractivity contribution is 0.596. The summed E-state index contributed by atoms with van der Waals surface area (Å²) in [4.78, 5) is 6.71. The Hall–Kier alpha value is -2.53. The molecule has 25 heavy (non-hydrogen) atoms. The standard InChI is InChI=1S/2C6H7NO2S.C3H4N2/c2*7-10(8,9)6-4-2-1-3-5-6;1-2-5-3-4-1/h2*1-5H,(H2,7,8,9);1-3H,(H,4,5). The SMILES string of the molecule is NS(=O)(=O)c1ccccc1.NS(=O)(=O)c1ccccc1.c1c[nH]cn1. The molecule has 8 nitrogen and oxygen atoms in total. The van der Waals surface area contributed by atoms with Gasteiger partial charge in [0, 0.05) is 12.4 Å². The molecule has 0 radical (unpaired) electrons. The number of H-pyrrole nitrogens is 1. The van der Waals surface area contributed by atoms with E-state index in [2.05, 4.69) is 9.97 Å². The summed E-state index contributed by atoms with van der Waals surface area (Å²) in [6.45, 7) is 0. The maximum Gasteiger partial charge on any atom is 0.238 e. The molecule has 0 bridgehead atoms. The van der Waals surface area contributed by atoms with E-state index in [1.165, 1.54) is 24.3 Å². The number of primary sulfonamides is 2. The Bertz CT molecular complexity index is 843. The zero-order valence-electron chi connectivity index (χ0n) is 13.1. The fourth-order valence-electron chi connectivity index (χ4n) is 1.44. The Morgan fingerprint density at radius 1 is 0.720 bits per heavy atom. The number of benzene rings is 2. The Morgan fingerprint density at radius 2 is 1.12 bits per heavy atom. The largest absolute Gasteiger partial charge is 0.351 e. The van der Waals surface area contributed by atoms with Gasteiger partial charge < -0.3 is 4.98 Å². The molecule has 1 heterocycles. The number of hydrogen-bond acceptors (Lipinski definition) is 5. The molecule has 0 aliphatic rings. The van der Waals surface area contributed by atoms with Gasteiger partial charge in [-0.15, -0.1) is 0 Å². The smallest absolute Gasteiger partial charge is 0.238 e. The van der Waals surface area contributed by atoms with Gasteiger partial charge in [-0.3, -0.25) is 0 Å². The van der Waals surface area contributed by atoms with E-state index in [1.54, 1.807) is 55.1 Å². The molecule has 0 aliphatic carbocycles. The molecule has 0 saturated heterocycles. The van der Waals surface area contributed by atoms with Gasteiger partial charge in [-0.1, -0.05) is 36.4 Å². The summed E-state index contributed by atoms with van der Waals surface area (Å²) < 4.78 is 42.4. The lowest BCUT2D eigenvalue weighted by Crippen LogP contribution is -2.11. The number of nitrogens with zero attached hydrogens (tertiary/aromatic N) is 1. The molecular formula is C15H18N4O4S2. The predicted octanol–water partition coefficient (Wildman–Crippen LogP) is 1.08. The summed E-state index contributed by atoms with van der Waals surface area (Å²) in [5.74, 6) is 0. The summed E-state index contributed by atoms with van der Waals surface area (Å²) in [7, 11) is -7.01. The van der Waals surface area contributed by atoms with Crippen molar-refractivity contribution in [3.05, 3.63) is 79.4 Å². The molecule has 0 fully saturated rings. The second-order valence-corrected chi connectivity index (χ2v) is 7.60. The Labute approximate surface area is 146 Å². The highest BCUT2D eigenvalue weighted by Crippen LogP contribution is 2.03. The van der Waals surface area contributed by atoms with Gasteiger partial charge in [0.05, 0.1) is 16.1 Å². The molecule has 2 aromatic carbocycles. The number of sulfonamides is 2. The van der Waals surface area contributed by atoms with Gasteiger partial charge in [0.25, 0.3) is 0 Å². The first-order valence-electron chi connectivity index (χ1n) is 6.79. The third-order valence-electron chi connectivity index (χ3n) is 2.55. The fraction of sp³-hybridized carbons (Fsp3) is 0. The minimum atomic E-state index is -3.50. The highest BCUT2D eigenvalue weighted by molar-refractivity contribution is 7.89. The van der Waals surface area contributed by atoms with Crippen molar-refractivity contribution in [3.63, 3.8) is 0 Å². The third-order valence-corrected chi connectivity index (χ3v) is 4.41. The molecule has 0 amide bonds. The molecule has 5 N–H and O–H groups in total. The topological polar surface area (TPSA) is 149 Å². The van der Waals surface area contributed by atoms with Crippen LogP contribution in [0.2, 0.25) is 0 Å². The highest BCUT2D eigenvalue weighted by Gasteiger charge is 2.04. The number of hydrogen-bond donors (Lipinski definition) is 3. The Kier molecular flexibility index (Phi) is 7.95. The molecule has 3 rings (SSSR count). The summed E-state index contributed by atoms with van der Waals surface area (Å²) >= 11 is 0. The molecule has 1 aromatic heterocycles. The minimum Gasteiger partial charge on any atom is -0.351 e.